The van der Waals surface area contributed by atoms with E-state index in [4.69, 9.17) is 0 Å². The number of hydrogen-bond donors (Lipinski definition) is 2. The molecule has 1 aliphatic rings. The summed E-state index contributed by atoms with van der Waals surface area (Å²) in [5.41, 5.74) is 0.470. The van der Waals surface area contributed by atoms with E-state index in [0.29, 0.717) is 6.42 Å². The first-order valence-corrected chi connectivity index (χ1v) is 7.05. The van der Waals surface area contributed by atoms with Crippen molar-refractivity contribution in [2.75, 3.05) is 0 Å². The number of rotatable bonds is 6. The summed E-state index contributed by atoms with van der Waals surface area (Å²) in [4.78, 5) is 23.7. The van der Waals surface area contributed by atoms with Crippen LogP contribution in [0.25, 0.3) is 0 Å². The zero-order chi connectivity index (χ0) is 14.8. The van der Waals surface area contributed by atoms with Gasteiger partial charge in [0, 0.05) is 0 Å². The van der Waals surface area contributed by atoms with Crippen LogP contribution >= 0.6 is 0 Å². The Balaban J connectivity index is 2.09. The van der Waals surface area contributed by atoms with Crippen molar-refractivity contribution in [3.05, 3.63) is 35.9 Å². The number of nitrogens with one attached hydrogen (secondary N) is 1. The Morgan fingerprint density at radius 1 is 1.25 bits per heavy atom. The molecule has 1 aromatic carbocycles. The average Bonchev–Trinajstić information content (AvgIpc) is 3.19. The average molecular weight is 275 g/mol. The summed E-state index contributed by atoms with van der Waals surface area (Å²) in [5.74, 6) is -0.893. The van der Waals surface area contributed by atoms with Crippen LogP contribution in [0, 0.1) is 5.92 Å². The summed E-state index contributed by atoms with van der Waals surface area (Å²) in [7, 11) is 0. The van der Waals surface area contributed by atoms with Crippen LogP contribution in [0.4, 0.5) is 0 Å². The van der Waals surface area contributed by atoms with E-state index < -0.39 is 17.4 Å². The van der Waals surface area contributed by atoms with E-state index in [0.717, 1.165) is 18.4 Å². The van der Waals surface area contributed by atoms with E-state index in [1.54, 1.807) is 0 Å². The summed E-state index contributed by atoms with van der Waals surface area (Å²) < 4.78 is 0. The van der Waals surface area contributed by atoms with Gasteiger partial charge in [-0.25, -0.2) is 4.79 Å². The third-order valence-corrected chi connectivity index (χ3v) is 3.82. The second-order valence-electron chi connectivity index (χ2n) is 5.94. The Hall–Kier alpha value is -1.84. The summed E-state index contributed by atoms with van der Waals surface area (Å²) in [6.45, 7) is 3.90. The minimum absolute atomic E-state index is 0.156. The van der Waals surface area contributed by atoms with E-state index in [1.165, 1.54) is 0 Å². The van der Waals surface area contributed by atoms with Crippen LogP contribution in [-0.2, 0) is 15.0 Å². The predicted octanol–water partition coefficient (Wildman–Crippen LogP) is 2.33. The van der Waals surface area contributed by atoms with Crippen molar-refractivity contribution >= 4 is 11.9 Å². The maximum absolute atomic E-state index is 12.4. The van der Waals surface area contributed by atoms with Gasteiger partial charge < -0.3 is 10.4 Å². The van der Waals surface area contributed by atoms with Crippen molar-refractivity contribution in [1.29, 1.82) is 0 Å². The van der Waals surface area contributed by atoms with Crippen molar-refractivity contribution in [3.63, 3.8) is 0 Å². The molecule has 1 atom stereocenters. The highest BCUT2D eigenvalue weighted by molar-refractivity contribution is 5.93. The normalized spacial score (nSPS) is 17.6. The van der Waals surface area contributed by atoms with Crippen LogP contribution in [0.15, 0.2) is 30.3 Å². The van der Waals surface area contributed by atoms with Gasteiger partial charge in [0.15, 0.2) is 0 Å². The maximum Gasteiger partial charge on any atom is 0.326 e. The molecule has 1 amide bonds. The van der Waals surface area contributed by atoms with Crippen LogP contribution < -0.4 is 5.32 Å². The zero-order valence-corrected chi connectivity index (χ0v) is 11.9. The minimum atomic E-state index is -0.962. The number of aliphatic carboxylic acids is 1. The van der Waals surface area contributed by atoms with Crippen molar-refractivity contribution in [3.8, 4) is 0 Å². The monoisotopic (exact) mass is 275 g/mol. The lowest BCUT2D eigenvalue weighted by Gasteiger charge is -2.21. The van der Waals surface area contributed by atoms with E-state index in [1.807, 2.05) is 44.2 Å². The molecule has 1 aliphatic carbocycles. The van der Waals surface area contributed by atoms with Crippen LogP contribution in [0.5, 0.6) is 0 Å². The molecule has 0 aromatic heterocycles. The standard InChI is InChI=1S/C16H21NO3/c1-11(2)10-13(14(18)19)17-15(20)16(8-9-16)12-6-4-3-5-7-12/h3-7,11,13H,8-10H2,1-2H3,(H,17,20)(H,18,19)/t13-/m0/s1. The lowest BCUT2D eigenvalue weighted by molar-refractivity contribution is -0.142. The van der Waals surface area contributed by atoms with Gasteiger partial charge >= 0.3 is 5.97 Å². The van der Waals surface area contributed by atoms with E-state index in [9.17, 15) is 14.7 Å². The molecular formula is C16H21NO3. The molecule has 1 fully saturated rings. The summed E-state index contributed by atoms with van der Waals surface area (Å²) in [6.07, 6.45) is 2.03. The summed E-state index contributed by atoms with van der Waals surface area (Å²) in [5, 5.41) is 11.9. The molecular weight excluding hydrogens is 254 g/mol. The minimum Gasteiger partial charge on any atom is -0.480 e. The Bertz CT molecular complexity index is 492. The molecule has 0 unspecified atom stereocenters. The second kappa shape index (κ2) is 5.65. The predicted molar refractivity (Wildman–Crippen MR) is 76.4 cm³/mol. The lowest BCUT2D eigenvalue weighted by Crippen LogP contribution is -2.46. The topological polar surface area (TPSA) is 66.4 Å². The molecule has 108 valence electrons. The SMILES string of the molecule is CC(C)C[C@H](NC(=O)C1(c2ccccc2)CC1)C(=O)O. The molecule has 0 aliphatic heterocycles. The third-order valence-electron chi connectivity index (χ3n) is 3.82. The third kappa shape index (κ3) is 3.00. The van der Waals surface area contributed by atoms with Gasteiger partial charge in [0.2, 0.25) is 5.91 Å². The van der Waals surface area contributed by atoms with Gasteiger partial charge in [0.05, 0.1) is 5.41 Å². The molecule has 0 radical (unpaired) electrons. The number of benzene rings is 1. The van der Waals surface area contributed by atoms with Gasteiger partial charge in [-0.3, -0.25) is 4.79 Å². The molecule has 2 rings (SSSR count). The van der Waals surface area contributed by atoms with Crippen LogP contribution in [-0.4, -0.2) is 23.0 Å². The molecule has 0 spiro atoms. The van der Waals surface area contributed by atoms with Crippen molar-refractivity contribution < 1.29 is 14.7 Å². The van der Waals surface area contributed by atoms with Gasteiger partial charge in [0.25, 0.3) is 0 Å². The Kier molecular flexibility index (Phi) is 4.12. The Labute approximate surface area is 119 Å². The molecule has 2 N–H and O–H groups in total. The summed E-state index contributed by atoms with van der Waals surface area (Å²) >= 11 is 0. The number of carbonyl (C=O) groups excluding carboxylic acids is 1. The molecule has 1 aromatic rings. The fourth-order valence-electron chi connectivity index (χ4n) is 2.52. The first kappa shape index (κ1) is 14.6. The van der Waals surface area contributed by atoms with E-state index in [2.05, 4.69) is 5.32 Å². The zero-order valence-electron chi connectivity index (χ0n) is 11.9. The maximum atomic E-state index is 12.4. The lowest BCUT2D eigenvalue weighted by atomic mass is 9.94. The van der Waals surface area contributed by atoms with E-state index >= 15 is 0 Å². The highest BCUT2D eigenvalue weighted by atomic mass is 16.4. The number of carboxylic acids is 1. The van der Waals surface area contributed by atoms with Gasteiger partial charge in [-0.05, 0) is 30.7 Å². The van der Waals surface area contributed by atoms with Crippen LogP contribution in [0.1, 0.15) is 38.7 Å². The molecule has 0 heterocycles. The van der Waals surface area contributed by atoms with Gasteiger partial charge in [-0.15, -0.1) is 0 Å². The Morgan fingerprint density at radius 2 is 1.85 bits per heavy atom. The highest BCUT2D eigenvalue weighted by Gasteiger charge is 2.51. The van der Waals surface area contributed by atoms with Gasteiger partial charge in [-0.2, -0.15) is 0 Å². The second-order valence-corrected chi connectivity index (χ2v) is 5.94. The fraction of sp³-hybridized carbons (Fsp3) is 0.500. The largest absolute Gasteiger partial charge is 0.480 e. The number of carboxylic acid groups (broad SMARTS) is 1. The van der Waals surface area contributed by atoms with Gasteiger partial charge in [-0.1, -0.05) is 44.2 Å². The van der Waals surface area contributed by atoms with Crippen molar-refractivity contribution in [2.24, 2.45) is 5.92 Å². The molecule has 1 saturated carbocycles. The molecule has 20 heavy (non-hydrogen) atoms. The number of carbonyl (C=O) groups is 2. The van der Waals surface area contributed by atoms with Crippen LogP contribution in [0.3, 0.4) is 0 Å². The van der Waals surface area contributed by atoms with Gasteiger partial charge in [0.1, 0.15) is 6.04 Å². The first-order chi connectivity index (χ1) is 9.45. The number of hydrogen-bond acceptors (Lipinski definition) is 2. The molecule has 4 nitrogen and oxygen atoms in total. The number of amides is 1. The highest BCUT2D eigenvalue weighted by Crippen LogP contribution is 2.48. The molecule has 4 heteroatoms. The molecule has 0 saturated heterocycles. The Morgan fingerprint density at radius 3 is 2.30 bits per heavy atom. The first-order valence-electron chi connectivity index (χ1n) is 7.05. The van der Waals surface area contributed by atoms with Crippen molar-refractivity contribution in [1.82, 2.24) is 5.32 Å². The van der Waals surface area contributed by atoms with Crippen LogP contribution in [0.2, 0.25) is 0 Å². The van der Waals surface area contributed by atoms with E-state index in [-0.39, 0.29) is 11.8 Å². The van der Waals surface area contributed by atoms with Crippen molar-refractivity contribution in [2.45, 2.75) is 44.6 Å². The fourth-order valence-corrected chi connectivity index (χ4v) is 2.52. The molecule has 0 bridgehead atoms. The smallest absolute Gasteiger partial charge is 0.326 e. The summed E-state index contributed by atoms with van der Waals surface area (Å²) in [6, 6.07) is 8.80. The quantitative estimate of drug-likeness (QED) is 0.837.